The normalized spacial score (nSPS) is 9.92. The van der Waals surface area contributed by atoms with Gasteiger partial charge in [0.05, 0.1) is 6.33 Å². The highest BCUT2D eigenvalue weighted by molar-refractivity contribution is 5.59. The number of nitrogens with zero attached hydrogens (tertiary/aromatic N) is 1. The van der Waals surface area contributed by atoms with Crippen LogP contribution in [0.4, 0.5) is 11.5 Å². The Bertz CT molecular complexity index is 379. The Balaban J connectivity index is 2.24. The van der Waals surface area contributed by atoms with E-state index in [1.165, 1.54) is 5.56 Å². The lowest BCUT2D eigenvalue weighted by Crippen LogP contribution is -1.92. The summed E-state index contributed by atoms with van der Waals surface area (Å²) < 4.78 is 0. The number of hydrogen-bond donors (Lipinski definition) is 2. The summed E-state index contributed by atoms with van der Waals surface area (Å²) in [5.74, 6) is 0.842. The lowest BCUT2D eigenvalue weighted by atomic mass is 10.2. The molecule has 0 spiro atoms. The van der Waals surface area contributed by atoms with E-state index in [1.807, 2.05) is 24.4 Å². The van der Waals surface area contributed by atoms with Crippen molar-refractivity contribution in [1.29, 1.82) is 0 Å². The zero-order chi connectivity index (χ0) is 9.10. The minimum Gasteiger partial charge on any atom is -0.349 e. The molecule has 0 saturated heterocycles. The Labute approximate surface area is 76.8 Å². The zero-order valence-corrected chi connectivity index (χ0v) is 7.41. The molecule has 0 bridgehead atoms. The van der Waals surface area contributed by atoms with Crippen LogP contribution in [0, 0.1) is 6.92 Å². The second-order valence-corrected chi connectivity index (χ2v) is 2.89. The van der Waals surface area contributed by atoms with Crippen molar-refractivity contribution in [1.82, 2.24) is 9.97 Å². The zero-order valence-electron chi connectivity index (χ0n) is 7.41. The third kappa shape index (κ3) is 1.69. The molecule has 1 heterocycles. The van der Waals surface area contributed by atoms with E-state index in [0.717, 1.165) is 11.5 Å². The molecule has 0 aliphatic rings. The monoisotopic (exact) mass is 173 g/mol. The van der Waals surface area contributed by atoms with E-state index in [4.69, 9.17) is 0 Å². The van der Waals surface area contributed by atoms with E-state index in [1.54, 1.807) is 6.33 Å². The molecular formula is C10H11N3. The molecule has 0 saturated carbocycles. The van der Waals surface area contributed by atoms with Gasteiger partial charge in [0.1, 0.15) is 5.82 Å². The van der Waals surface area contributed by atoms with Crippen molar-refractivity contribution in [2.45, 2.75) is 6.92 Å². The summed E-state index contributed by atoms with van der Waals surface area (Å²) in [4.78, 5) is 6.98. The number of imidazole rings is 1. The van der Waals surface area contributed by atoms with Gasteiger partial charge in [-0.1, -0.05) is 18.2 Å². The molecule has 2 rings (SSSR count). The number of aromatic amines is 1. The van der Waals surface area contributed by atoms with Gasteiger partial charge in [-0.05, 0) is 18.6 Å². The lowest BCUT2D eigenvalue weighted by molar-refractivity contribution is 1.31. The number of hydrogen-bond acceptors (Lipinski definition) is 2. The van der Waals surface area contributed by atoms with Gasteiger partial charge in [0.2, 0.25) is 0 Å². The molecule has 66 valence electrons. The van der Waals surface area contributed by atoms with E-state index >= 15 is 0 Å². The van der Waals surface area contributed by atoms with E-state index in [9.17, 15) is 0 Å². The first kappa shape index (κ1) is 7.86. The molecule has 0 fully saturated rings. The second kappa shape index (κ2) is 3.31. The topological polar surface area (TPSA) is 40.7 Å². The van der Waals surface area contributed by atoms with Crippen LogP contribution in [-0.2, 0) is 0 Å². The number of H-pyrrole nitrogens is 1. The highest BCUT2D eigenvalue weighted by atomic mass is 15.0. The predicted octanol–water partition coefficient (Wildman–Crippen LogP) is 2.46. The summed E-state index contributed by atoms with van der Waals surface area (Å²) >= 11 is 0. The highest BCUT2D eigenvalue weighted by Gasteiger charge is 1.97. The van der Waals surface area contributed by atoms with E-state index in [2.05, 4.69) is 28.3 Å². The fourth-order valence-electron chi connectivity index (χ4n) is 1.18. The molecule has 13 heavy (non-hydrogen) atoms. The van der Waals surface area contributed by atoms with Crippen molar-refractivity contribution in [2.24, 2.45) is 0 Å². The van der Waals surface area contributed by atoms with Crippen molar-refractivity contribution in [3.63, 3.8) is 0 Å². The molecular weight excluding hydrogens is 162 g/mol. The SMILES string of the molecule is Cc1ccccc1Nc1c[nH]cn1. The maximum atomic E-state index is 4.09. The third-order valence-corrected chi connectivity index (χ3v) is 1.91. The predicted molar refractivity (Wildman–Crippen MR) is 53.0 cm³/mol. The summed E-state index contributed by atoms with van der Waals surface area (Å²) in [5.41, 5.74) is 2.31. The molecule has 3 nitrogen and oxygen atoms in total. The molecule has 2 N–H and O–H groups in total. The van der Waals surface area contributed by atoms with E-state index in [0.29, 0.717) is 0 Å². The molecule has 1 aromatic heterocycles. The third-order valence-electron chi connectivity index (χ3n) is 1.91. The van der Waals surface area contributed by atoms with Crippen LogP contribution in [0.5, 0.6) is 0 Å². The first-order valence-electron chi connectivity index (χ1n) is 4.18. The Hall–Kier alpha value is -1.77. The van der Waals surface area contributed by atoms with Gasteiger partial charge in [-0.3, -0.25) is 0 Å². The Morgan fingerprint density at radius 1 is 1.31 bits per heavy atom. The molecule has 2 aromatic rings. The summed E-state index contributed by atoms with van der Waals surface area (Å²) in [6.45, 7) is 2.06. The van der Waals surface area contributed by atoms with Crippen molar-refractivity contribution in [3.8, 4) is 0 Å². The van der Waals surface area contributed by atoms with Crippen LogP contribution in [0.3, 0.4) is 0 Å². The summed E-state index contributed by atoms with van der Waals surface area (Å²) in [6.07, 6.45) is 3.48. The van der Waals surface area contributed by atoms with Crippen LogP contribution < -0.4 is 5.32 Å². The Kier molecular flexibility index (Phi) is 2.00. The van der Waals surface area contributed by atoms with Gasteiger partial charge in [0.15, 0.2) is 0 Å². The van der Waals surface area contributed by atoms with Gasteiger partial charge in [-0.2, -0.15) is 0 Å². The number of para-hydroxylation sites is 1. The van der Waals surface area contributed by atoms with Crippen molar-refractivity contribution in [3.05, 3.63) is 42.4 Å². The summed E-state index contributed by atoms with van der Waals surface area (Å²) in [6, 6.07) is 8.12. The van der Waals surface area contributed by atoms with Crippen LogP contribution >= 0.6 is 0 Å². The quantitative estimate of drug-likeness (QED) is 0.732. The average Bonchev–Trinajstić information content (AvgIpc) is 2.61. The molecule has 0 unspecified atom stereocenters. The van der Waals surface area contributed by atoms with E-state index < -0.39 is 0 Å². The molecule has 1 aromatic carbocycles. The minimum atomic E-state index is 0.842. The first-order chi connectivity index (χ1) is 6.36. The van der Waals surface area contributed by atoms with Crippen LogP contribution in [-0.4, -0.2) is 9.97 Å². The molecule has 0 aliphatic carbocycles. The minimum absolute atomic E-state index is 0.842. The van der Waals surface area contributed by atoms with Gasteiger partial charge in [0, 0.05) is 11.9 Å². The smallest absolute Gasteiger partial charge is 0.148 e. The van der Waals surface area contributed by atoms with Crippen LogP contribution in [0.1, 0.15) is 5.56 Å². The summed E-state index contributed by atoms with van der Waals surface area (Å²) in [7, 11) is 0. The van der Waals surface area contributed by atoms with Crippen LogP contribution in [0.15, 0.2) is 36.8 Å². The number of rotatable bonds is 2. The average molecular weight is 173 g/mol. The lowest BCUT2D eigenvalue weighted by Gasteiger charge is -2.05. The Morgan fingerprint density at radius 2 is 2.15 bits per heavy atom. The van der Waals surface area contributed by atoms with Crippen molar-refractivity contribution < 1.29 is 0 Å². The second-order valence-electron chi connectivity index (χ2n) is 2.89. The molecule has 0 amide bonds. The number of benzene rings is 1. The van der Waals surface area contributed by atoms with Gasteiger partial charge >= 0.3 is 0 Å². The van der Waals surface area contributed by atoms with Gasteiger partial charge in [0.25, 0.3) is 0 Å². The summed E-state index contributed by atoms with van der Waals surface area (Å²) in [5, 5.41) is 3.21. The maximum Gasteiger partial charge on any atom is 0.148 e. The maximum absolute atomic E-state index is 4.09. The number of nitrogens with one attached hydrogen (secondary N) is 2. The van der Waals surface area contributed by atoms with Crippen LogP contribution in [0.2, 0.25) is 0 Å². The molecule has 3 heteroatoms. The molecule has 0 aliphatic heterocycles. The number of anilines is 2. The van der Waals surface area contributed by atoms with Gasteiger partial charge in [-0.25, -0.2) is 4.98 Å². The fourth-order valence-corrected chi connectivity index (χ4v) is 1.18. The number of aromatic nitrogens is 2. The van der Waals surface area contributed by atoms with Crippen LogP contribution in [0.25, 0.3) is 0 Å². The number of aryl methyl sites for hydroxylation is 1. The molecule has 0 atom stereocenters. The first-order valence-corrected chi connectivity index (χ1v) is 4.18. The standard InChI is InChI=1S/C10H11N3/c1-8-4-2-3-5-9(8)13-10-6-11-7-12-10/h2-7,13H,1H3,(H,11,12). The van der Waals surface area contributed by atoms with Gasteiger partial charge < -0.3 is 10.3 Å². The van der Waals surface area contributed by atoms with E-state index in [-0.39, 0.29) is 0 Å². The van der Waals surface area contributed by atoms with Crippen molar-refractivity contribution in [2.75, 3.05) is 5.32 Å². The highest BCUT2D eigenvalue weighted by Crippen LogP contribution is 2.17. The van der Waals surface area contributed by atoms with Crippen molar-refractivity contribution >= 4 is 11.5 Å². The largest absolute Gasteiger partial charge is 0.349 e. The van der Waals surface area contributed by atoms with Gasteiger partial charge in [-0.15, -0.1) is 0 Å². The fraction of sp³-hybridized carbons (Fsp3) is 0.100. The Morgan fingerprint density at radius 3 is 2.85 bits per heavy atom. The molecule has 0 radical (unpaired) electrons.